The highest BCUT2D eigenvalue weighted by molar-refractivity contribution is 5.18. The fraction of sp³-hybridized carbons (Fsp3) is 0.429. The van der Waals surface area contributed by atoms with Crippen LogP contribution in [0, 0.1) is 6.92 Å². The normalized spacial score (nSPS) is 10.0. The molecule has 0 amide bonds. The van der Waals surface area contributed by atoms with Gasteiger partial charge >= 0.3 is 0 Å². The van der Waals surface area contributed by atoms with Crippen molar-refractivity contribution in [1.82, 2.24) is 4.98 Å². The van der Waals surface area contributed by atoms with Gasteiger partial charge < -0.3 is 10.1 Å². The van der Waals surface area contributed by atoms with Gasteiger partial charge in [0.05, 0.1) is 0 Å². The van der Waals surface area contributed by atoms with E-state index in [0.29, 0.717) is 0 Å². The summed E-state index contributed by atoms with van der Waals surface area (Å²) in [7, 11) is 0. The molecule has 2 nitrogen and oxygen atoms in total. The predicted molar refractivity (Wildman–Crippen MR) is 36.3 cm³/mol. The quantitative estimate of drug-likeness (QED) is 0.604. The maximum Gasteiger partial charge on any atom is 0.0472 e. The molecular formula is C7H11NO. The van der Waals surface area contributed by atoms with Crippen LogP contribution in [-0.4, -0.2) is 16.7 Å². The maximum atomic E-state index is 8.55. The SMILES string of the molecule is Cc1[nH]ccc1CCO. The molecule has 1 rings (SSSR count). The number of nitrogens with one attached hydrogen (secondary N) is 1. The van der Waals surface area contributed by atoms with E-state index in [1.165, 1.54) is 5.56 Å². The van der Waals surface area contributed by atoms with E-state index in [4.69, 9.17) is 5.11 Å². The molecule has 0 aliphatic carbocycles. The summed E-state index contributed by atoms with van der Waals surface area (Å²) in [6.45, 7) is 2.24. The van der Waals surface area contributed by atoms with Crippen LogP contribution in [-0.2, 0) is 6.42 Å². The number of aromatic nitrogens is 1. The van der Waals surface area contributed by atoms with E-state index in [1.807, 2.05) is 19.2 Å². The Balaban J connectivity index is 2.69. The van der Waals surface area contributed by atoms with E-state index < -0.39 is 0 Å². The summed E-state index contributed by atoms with van der Waals surface area (Å²) in [6.07, 6.45) is 2.65. The van der Waals surface area contributed by atoms with Gasteiger partial charge in [0, 0.05) is 18.5 Å². The van der Waals surface area contributed by atoms with Crippen molar-refractivity contribution in [2.45, 2.75) is 13.3 Å². The summed E-state index contributed by atoms with van der Waals surface area (Å²) in [5.41, 5.74) is 2.36. The summed E-state index contributed by atoms with van der Waals surface area (Å²) < 4.78 is 0. The van der Waals surface area contributed by atoms with E-state index >= 15 is 0 Å². The van der Waals surface area contributed by atoms with Crippen LogP contribution in [0.15, 0.2) is 12.3 Å². The highest BCUT2D eigenvalue weighted by atomic mass is 16.2. The van der Waals surface area contributed by atoms with E-state index in [2.05, 4.69) is 4.98 Å². The third-order valence-electron chi connectivity index (χ3n) is 1.45. The molecule has 0 aliphatic heterocycles. The fourth-order valence-electron chi connectivity index (χ4n) is 0.876. The van der Waals surface area contributed by atoms with Crippen LogP contribution < -0.4 is 0 Å². The number of H-pyrrole nitrogens is 1. The first kappa shape index (κ1) is 6.36. The van der Waals surface area contributed by atoms with Gasteiger partial charge in [-0.3, -0.25) is 0 Å². The largest absolute Gasteiger partial charge is 0.396 e. The average molecular weight is 125 g/mol. The first-order valence-corrected chi connectivity index (χ1v) is 3.08. The monoisotopic (exact) mass is 125 g/mol. The molecule has 0 saturated heterocycles. The number of aryl methyl sites for hydroxylation is 1. The van der Waals surface area contributed by atoms with Crippen LogP contribution >= 0.6 is 0 Å². The third kappa shape index (κ3) is 1.33. The van der Waals surface area contributed by atoms with Crippen molar-refractivity contribution in [2.75, 3.05) is 6.61 Å². The molecule has 0 aliphatic rings. The van der Waals surface area contributed by atoms with Crippen molar-refractivity contribution in [3.8, 4) is 0 Å². The molecule has 0 radical (unpaired) electrons. The lowest BCUT2D eigenvalue weighted by Crippen LogP contribution is -1.89. The van der Waals surface area contributed by atoms with Crippen molar-refractivity contribution in [3.63, 3.8) is 0 Å². The second-order valence-corrected chi connectivity index (χ2v) is 2.10. The van der Waals surface area contributed by atoms with Crippen molar-refractivity contribution < 1.29 is 5.11 Å². The van der Waals surface area contributed by atoms with Crippen LogP contribution in [0.25, 0.3) is 0 Å². The molecule has 1 aromatic heterocycles. The summed E-state index contributed by atoms with van der Waals surface area (Å²) in [5.74, 6) is 0. The van der Waals surface area contributed by atoms with Gasteiger partial charge in [-0.05, 0) is 25.0 Å². The molecule has 0 bridgehead atoms. The summed E-state index contributed by atoms with van der Waals surface area (Å²) in [4.78, 5) is 3.04. The number of hydrogen-bond acceptors (Lipinski definition) is 1. The van der Waals surface area contributed by atoms with Gasteiger partial charge in [-0.15, -0.1) is 0 Å². The van der Waals surface area contributed by atoms with Crippen molar-refractivity contribution in [3.05, 3.63) is 23.5 Å². The predicted octanol–water partition coefficient (Wildman–Crippen LogP) is 0.858. The van der Waals surface area contributed by atoms with Crippen LogP contribution in [0.3, 0.4) is 0 Å². The first-order chi connectivity index (χ1) is 4.34. The average Bonchev–Trinajstić information content (AvgIpc) is 2.18. The minimum Gasteiger partial charge on any atom is -0.396 e. The van der Waals surface area contributed by atoms with Crippen molar-refractivity contribution >= 4 is 0 Å². The van der Waals surface area contributed by atoms with Gasteiger partial charge in [-0.2, -0.15) is 0 Å². The van der Waals surface area contributed by atoms with Gasteiger partial charge in [0.25, 0.3) is 0 Å². The van der Waals surface area contributed by atoms with Crippen LogP contribution in [0.4, 0.5) is 0 Å². The molecule has 0 aromatic carbocycles. The molecule has 0 atom stereocenters. The van der Waals surface area contributed by atoms with E-state index in [9.17, 15) is 0 Å². The van der Waals surface area contributed by atoms with Crippen molar-refractivity contribution in [1.29, 1.82) is 0 Å². The van der Waals surface area contributed by atoms with Crippen LogP contribution in [0.1, 0.15) is 11.3 Å². The molecule has 50 valence electrons. The lowest BCUT2D eigenvalue weighted by molar-refractivity contribution is 0.299. The summed E-state index contributed by atoms with van der Waals surface area (Å²) in [5, 5.41) is 8.55. The Morgan fingerprint density at radius 1 is 1.67 bits per heavy atom. The molecule has 1 aromatic rings. The molecule has 1 heterocycles. The Morgan fingerprint density at radius 2 is 2.44 bits per heavy atom. The van der Waals surface area contributed by atoms with Gasteiger partial charge in [0.15, 0.2) is 0 Å². The standard InChI is InChI=1S/C7H11NO/c1-6-7(3-5-9)2-4-8-6/h2,4,8-9H,3,5H2,1H3. The Hall–Kier alpha value is -0.760. The van der Waals surface area contributed by atoms with Gasteiger partial charge in [-0.1, -0.05) is 0 Å². The smallest absolute Gasteiger partial charge is 0.0472 e. The summed E-state index contributed by atoms with van der Waals surface area (Å²) >= 11 is 0. The minimum atomic E-state index is 0.235. The zero-order valence-electron chi connectivity index (χ0n) is 5.52. The van der Waals surface area contributed by atoms with Gasteiger partial charge in [0.2, 0.25) is 0 Å². The van der Waals surface area contributed by atoms with Crippen LogP contribution in [0.2, 0.25) is 0 Å². The number of rotatable bonds is 2. The van der Waals surface area contributed by atoms with E-state index in [-0.39, 0.29) is 6.61 Å². The molecule has 2 N–H and O–H groups in total. The van der Waals surface area contributed by atoms with Crippen LogP contribution in [0.5, 0.6) is 0 Å². The van der Waals surface area contributed by atoms with Gasteiger partial charge in [-0.25, -0.2) is 0 Å². The molecular weight excluding hydrogens is 114 g/mol. The van der Waals surface area contributed by atoms with E-state index in [0.717, 1.165) is 12.1 Å². The third-order valence-corrected chi connectivity index (χ3v) is 1.45. The first-order valence-electron chi connectivity index (χ1n) is 3.08. The number of hydrogen-bond donors (Lipinski definition) is 2. The molecule has 0 saturated carbocycles. The minimum absolute atomic E-state index is 0.235. The zero-order chi connectivity index (χ0) is 6.69. The number of aromatic amines is 1. The Morgan fingerprint density at radius 3 is 2.89 bits per heavy atom. The van der Waals surface area contributed by atoms with E-state index in [1.54, 1.807) is 0 Å². The highest BCUT2D eigenvalue weighted by Gasteiger charge is 1.94. The molecule has 0 fully saturated rings. The topological polar surface area (TPSA) is 36.0 Å². The summed E-state index contributed by atoms with van der Waals surface area (Å²) in [6, 6.07) is 1.99. The maximum absolute atomic E-state index is 8.55. The highest BCUT2D eigenvalue weighted by Crippen LogP contribution is 2.04. The Labute approximate surface area is 54.5 Å². The Kier molecular flexibility index (Phi) is 1.90. The Bertz CT molecular complexity index is 181. The fourth-order valence-corrected chi connectivity index (χ4v) is 0.876. The molecule has 2 heteroatoms. The second-order valence-electron chi connectivity index (χ2n) is 2.10. The number of aliphatic hydroxyl groups is 1. The lowest BCUT2D eigenvalue weighted by Gasteiger charge is -1.92. The van der Waals surface area contributed by atoms with Crippen molar-refractivity contribution in [2.24, 2.45) is 0 Å². The molecule has 0 unspecified atom stereocenters. The second kappa shape index (κ2) is 2.69. The lowest BCUT2D eigenvalue weighted by atomic mass is 10.2. The molecule has 9 heavy (non-hydrogen) atoms. The van der Waals surface area contributed by atoms with Gasteiger partial charge in [0.1, 0.15) is 0 Å². The zero-order valence-corrected chi connectivity index (χ0v) is 5.52. The molecule has 0 spiro atoms. The number of aliphatic hydroxyl groups excluding tert-OH is 1.